The summed E-state index contributed by atoms with van der Waals surface area (Å²) in [6.07, 6.45) is -0.0182. The summed E-state index contributed by atoms with van der Waals surface area (Å²) in [5, 5.41) is 10.6. The molecule has 0 atom stereocenters. The average molecular weight is 380 g/mol. The van der Waals surface area contributed by atoms with Crippen LogP contribution >= 0.6 is 0 Å². The van der Waals surface area contributed by atoms with Crippen molar-refractivity contribution < 1.29 is 22.8 Å². The van der Waals surface area contributed by atoms with Crippen molar-refractivity contribution in [3.05, 3.63) is 58.1 Å². The van der Waals surface area contributed by atoms with Crippen LogP contribution in [0.1, 0.15) is 19.4 Å². The van der Waals surface area contributed by atoms with Crippen LogP contribution in [0.4, 0.5) is 5.69 Å². The molecule has 2 rings (SSSR count). The van der Waals surface area contributed by atoms with E-state index in [-0.39, 0.29) is 23.2 Å². The van der Waals surface area contributed by atoms with Gasteiger partial charge in [-0.05, 0) is 43.7 Å². The minimum atomic E-state index is -3.79. The number of hydrogen-bond donors (Lipinski definition) is 1. The number of methoxy groups -OCH3 is 1. The lowest BCUT2D eigenvalue weighted by Gasteiger charge is -2.14. The van der Waals surface area contributed by atoms with Crippen LogP contribution in [0.3, 0.4) is 0 Å². The number of rotatable bonds is 8. The van der Waals surface area contributed by atoms with Gasteiger partial charge in [-0.25, -0.2) is 13.1 Å². The SMILES string of the molecule is COc1cc(CNS(=O)(=O)c2ccc([N+](=O)[O-])cc2)ccc1OC(C)C. The Labute approximate surface area is 152 Å². The highest BCUT2D eigenvalue weighted by Gasteiger charge is 2.16. The number of nitrogens with zero attached hydrogens (tertiary/aromatic N) is 1. The maximum atomic E-state index is 12.3. The zero-order valence-electron chi connectivity index (χ0n) is 14.6. The first-order chi connectivity index (χ1) is 12.2. The van der Waals surface area contributed by atoms with Gasteiger partial charge in [0.1, 0.15) is 0 Å². The minimum absolute atomic E-state index is 0.0182. The van der Waals surface area contributed by atoms with Crippen LogP contribution in [-0.2, 0) is 16.6 Å². The quantitative estimate of drug-likeness (QED) is 0.557. The molecule has 8 nitrogen and oxygen atoms in total. The molecule has 2 aromatic carbocycles. The van der Waals surface area contributed by atoms with Crippen molar-refractivity contribution in [2.45, 2.75) is 31.4 Å². The summed E-state index contributed by atoms with van der Waals surface area (Å²) in [6.45, 7) is 3.83. The van der Waals surface area contributed by atoms with E-state index in [4.69, 9.17) is 9.47 Å². The number of nitro groups is 1. The Balaban J connectivity index is 2.12. The summed E-state index contributed by atoms with van der Waals surface area (Å²) in [5.74, 6) is 1.08. The normalized spacial score (nSPS) is 11.4. The Hall–Kier alpha value is -2.65. The molecule has 0 amide bonds. The third kappa shape index (κ3) is 4.93. The van der Waals surface area contributed by atoms with Crippen molar-refractivity contribution in [1.29, 1.82) is 0 Å². The molecule has 0 aliphatic rings. The van der Waals surface area contributed by atoms with Crippen LogP contribution in [0.5, 0.6) is 11.5 Å². The molecule has 0 saturated heterocycles. The number of non-ortho nitro benzene ring substituents is 1. The van der Waals surface area contributed by atoms with Gasteiger partial charge in [-0.1, -0.05) is 6.07 Å². The van der Waals surface area contributed by atoms with Gasteiger partial charge in [-0.15, -0.1) is 0 Å². The van der Waals surface area contributed by atoms with Gasteiger partial charge in [0, 0.05) is 18.7 Å². The lowest BCUT2D eigenvalue weighted by molar-refractivity contribution is -0.384. The van der Waals surface area contributed by atoms with E-state index in [0.717, 1.165) is 12.1 Å². The van der Waals surface area contributed by atoms with E-state index in [1.54, 1.807) is 18.2 Å². The summed E-state index contributed by atoms with van der Waals surface area (Å²) >= 11 is 0. The van der Waals surface area contributed by atoms with Gasteiger partial charge in [-0.2, -0.15) is 0 Å². The largest absolute Gasteiger partial charge is 0.493 e. The van der Waals surface area contributed by atoms with Crippen LogP contribution in [0.25, 0.3) is 0 Å². The van der Waals surface area contributed by atoms with E-state index in [1.165, 1.54) is 19.2 Å². The molecule has 9 heteroatoms. The fraction of sp³-hybridized carbons (Fsp3) is 0.294. The van der Waals surface area contributed by atoms with Gasteiger partial charge < -0.3 is 9.47 Å². The molecule has 0 aliphatic carbocycles. The summed E-state index contributed by atoms with van der Waals surface area (Å²) in [7, 11) is -2.29. The third-order valence-corrected chi connectivity index (χ3v) is 4.83. The fourth-order valence-electron chi connectivity index (χ4n) is 2.18. The Morgan fingerprint density at radius 1 is 1.12 bits per heavy atom. The van der Waals surface area contributed by atoms with Crippen molar-refractivity contribution in [1.82, 2.24) is 4.72 Å². The standard InChI is InChI=1S/C17H20N2O6S/c1-12(2)25-16-9-4-13(10-17(16)24-3)11-18-26(22,23)15-7-5-14(6-8-15)19(20)21/h4-10,12,18H,11H2,1-3H3. The van der Waals surface area contributed by atoms with Crippen LogP contribution in [0, 0.1) is 10.1 Å². The highest BCUT2D eigenvalue weighted by atomic mass is 32.2. The summed E-state index contributed by atoms with van der Waals surface area (Å²) < 4.78 is 38.0. The molecular weight excluding hydrogens is 360 g/mol. The maximum absolute atomic E-state index is 12.3. The van der Waals surface area contributed by atoms with E-state index in [2.05, 4.69) is 4.72 Å². The van der Waals surface area contributed by atoms with Crippen LogP contribution in [0.2, 0.25) is 0 Å². The number of hydrogen-bond acceptors (Lipinski definition) is 6. The Kier molecular flexibility index (Phi) is 6.17. The summed E-state index contributed by atoms with van der Waals surface area (Å²) in [5.41, 5.74) is 0.512. The molecule has 0 unspecified atom stereocenters. The molecule has 26 heavy (non-hydrogen) atoms. The van der Waals surface area contributed by atoms with E-state index < -0.39 is 14.9 Å². The van der Waals surface area contributed by atoms with Crippen molar-refractivity contribution >= 4 is 15.7 Å². The Morgan fingerprint density at radius 3 is 2.31 bits per heavy atom. The molecule has 0 spiro atoms. The fourth-order valence-corrected chi connectivity index (χ4v) is 3.20. The maximum Gasteiger partial charge on any atom is 0.269 e. The molecule has 2 aromatic rings. The number of sulfonamides is 1. The number of ether oxygens (including phenoxy) is 2. The van der Waals surface area contributed by atoms with Gasteiger partial charge >= 0.3 is 0 Å². The monoisotopic (exact) mass is 380 g/mol. The molecule has 0 aromatic heterocycles. The van der Waals surface area contributed by atoms with Crippen molar-refractivity contribution in [2.75, 3.05) is 7.11 Å². The topological polar surface area (TPSA) is 108 Å². The Bertz CT molecular complexity index is 879. The van der Waals surface area contributed by atoms with E-state index >= 15 is 0 Å². The molecule has 1 N–H and O–H groups in total. The molecule has 140 valence electrons. The van der Waals surface area contributed by atoms with Gasteiger partial charge in [-0.3, -0.25) is 10.1 Å². The van der Waals surface area contributed by atoms with Gasteiger partial charge in [0.2, 0.25) is 10.0 Å². The summed E-state index contributed by atoms with van der Waals surface area (Å²) in [4.78, 5) is 10.0. The third-order valence-electron chi connectivity index (χ3n) is 3.41. The molecule has 0 saturated carbocycles. The lowest BCUT2D eigenvalue weighted by atomic mass is 10.2. The summed E-state index contributed by atoms with van der Waals surface area (Å²) in [6, 6.07) is 9.83. The zero-order valence-corrected chi connectivity index (χ0v) is 15.4. The van der Waals surface area contributed by atoms with Gasteiger partial charge in [0.25, 0.3) is 5.69 Å². The van der Waals surface area contributed by atoms with Crippen LogP contribution in [0.15, 0.2) is 47.4 Å². The average Bonchev–Trinajstić information content (AvgIpc) is 2.60. The zero-order chi connectivity index (χ0) is 19.3. The molecule has 0 radical (unpaired) electrons. The van der Waals surface area contributed by atoms with E-state index in [9.17, 15) is 18.5 Å². The molecule has 0 bridgehead atoms. The van der Waals surface area contributed by atoms with Crippen LogP contribution < -0.4 is 14.2 Å². The lowest BCUT2D eigenvalue weighted by Crippen LogP contribution is -2.23. The number of nitrogens with one attached hydrogen (secondary N) is 1. The molecule has 0 aliphatic heterocycles. The first kappa shape index (κ1) is 19.7. The second-order valence-electron chi connectivity index (χ2n) is 5.73. The molecular formula is C17H20N2O6S. The number of benzene rings is 2. The first-order valence-electron chi connectivity index (χ1n) is 7.80. The minimum Gasteiger partial charge on any atom is -0.493 e. The second-order valence-corrected chi connectivity index (χ2v) is 7.49. The first-order valence-corrected chi connectivity index (χ1v) is 9.29. The van der Waals surface area contributed by atoms with Gasteiger partial charge in [0.15, 0.2) is 11.5 Å². The molecule has 0 fully saturated rings. The van der Waals surface area contributed by atoms with Crippen molar-refractivity contribution in [2.24, 2.45) is 0 Å². The smallest absolute Gasteiger partial charge is 0.269 e. The van der Waals surface area contributed by atoms with Gasteiger partial charge in [0.05, 0.1) is 23.0 Å². The predicted octanol–water partition coefficient (Wildman–Crippen LogP) is 2.87. The molecule has 0 heterocycles. The van der Waals surface area contributed by atoms with Crippen molar-refractivity contribution in [3.63, 3.8) is 0 Å². The van der Waals surface area contributed by atoms with E-state index in [0.29, 0.717) is 17.1 Å². The van der Waals surface area contributed by atoms with Crippen molar-refractivity contribution in [3.8, 4) is 11.5 Å². The van der Waals surface area contributed by atoms with Crippen LogP contribution in [-0.4, -0.2) is 26.6 Å². The number of nitro benzene ring substituents is 1. The second kappa shape index (κ2) is 8.15. The highest BCUT2D eigenvalue weighted by Crippen LogP contribution is 2.29. The Morgan fingerprint density at radius 2 is 1.77 bits per heavy atom. The highest BCUT2D eigenvalue weighted by molar-refractivity contribution is 7.89. The van der Waals surface area contributed by atoms with E-state index in [1.807, 2.05) is 13.8 Å². The predicted molar refractivity (Wildman–Crippen MR) is 95.9 cm³/mol.